The van der Waals surface area contributed by atoms with E-state index in [0.717, 1.165) is 18.4 Å². The molecule has 2 aliphatic rings. The number of nitrogens with one attached hydrogen (secondary N) is 2. The van der Waals surface area contributed by atoms with Gasteiger partial charge in [-0.1, -0.05) is 30.3 Å². The number of rotatable bonds is 5. The van der Waals surface area contributed by atoms with E-state index in [0.29, 0.717) is 43.0 Å². The molecule has 4 rings (SSSR count). The van der Waals surface area contributed by atoms with E-state index in [1.54, 1.807) is 12.1 Å². The molecule has 0 saturated carbocycles. The summed E-state index contributed by atoms with van der Waals surface area (Å²) >= 11 is 0. The smallest absolute Gasteiger partial charge is 0.293 e. The Labute approximate surface area is 163 Å². The zero-order valence-electron chi connectivity index (χ0n) is 15.6. The summed E-state index contributed by atoms with van der Waals surface area (Å²) in [5.41, 5.74) is 1.75. The Morgan fingerprint density at radius 1 is 1.14 bits per heavy atom. The maximum absolute atomic E-state index is 12.9. The van der Waals surface area contributed by atoms with E-state index in [9.17, 15) is 14.9 Å². The Hall–Kier alpha value is -2.93. The third-order valence-electron chi connectivity index (χ3n) is 5.58. The number of nitro groups is 1. The van der Waals surface area contributed by atoms with Crippen LogP contribution in [0.2, 0.25) is 0 Å². The molecule has 2 atom stereocenters. The zero-order valence-corrected chi connectivity index (χ0v) is 15.6. The van der Waals surface area contributed by atoms with Gasteiger partial charge in [0.15, 0.2) is 0 Å². The summed E-state index contributed by atoms with van der Waals surface area (Å²) in [5, 5.41) is 18.2. The molecule has 7 nitrogen and oxygen atoms in total. The monoisotopic (exact) mass is 380 g/mol. The number of anilines is 1. The van der Waals surface area contributed by atoms with Crippen molar-refractivity contribution in [2.45, 2.75) is 37.9 Å². The number of benzene rings is 2. The van der Waals surface area contributed by atoms with Crippen molar-refractivity contribution < 1.29 is 9.72 Å². The fraction of sp³-hybridized carbons (Fsp3) is 0.381. The molecule has 1 amide bonds. The van der Waals surface area contributed by atoms with Crippen LogP contribution in [0.25, 0.3) is 0 Å². The summed E-state index contributed by atoms with van der Waals surface area (Å²) in [7, 11) is 0. The van der Waals surface area contributed by atoms with Crippen molar-refractivity contribution in [2.24, 2.45) is 0 Å². The molecule has 2 bridgehead atoms. The largest absolute Gasteiger partial charge is 0.375 e. The summed E-state index contributed by atoms with van der Waals surface area (Å²) in [6, 6.07) is 15.2. The summed E-state index contributed by atoms with van der Waals surface area (Å²) in [4.78, 5) is 25.9. The number of fused-ring (bicyclic) bond motifs is 2. The van der Waals surface area contributed by atoms with Gasteiger partial charge in [-0.3, -0.25) is 14.9 Å². The number of carbonyl (C=O) groups excluding carboxylic acids is 1. The number of hydrogen-bond donors (Lipinski definition) is 2. The first-order chi connectivity index (χ1) is 13.6. The van der Waals surface area contributed by atoms with E-state index in [-0.39, 0.29) is 11.6 Å². The minimum atomic E-state index is -0.434. The molecule has 0 spiro atoms. The van der Waals surface area contributed by atoms with Gasteiger partial charge in [-0.2, -0.15) is 0 Å². The van der Waals surface area contributed by atoms with Crippen molar-refractivity contribution in [3.63, 3.8) is 0 Å². The Morgan fingerprint density at radius 2 is 1.93 bits per heavy atom. The number of likely N-dealkylation sites (tertiary alicyclic amines) is 1. The fourth-order valence-electron chi connectivity index (χ4n) is 4.07. The maximum atomic E-state index is 12.9. The molecule has 28 heavy (non-hydrogen) atoms. The van der Waals surface area contributed by atoms with Gasteiger partial charge < -0.3 is 15.5 Å². The lowest BCUT2D eigenvalue weighted by molar-refractivity contribution is -0.384. The Balaban J connectivity index is 1.51. The zero-order chi connectivity index (χ0) is 19.5. The SMILES string of the molecule is O=C(c1ccc(NCc2ccccc2)c([N+](=O)[O-])c1)N1CCC2CCC(C1)N2. The van der Waals surface area contributed by atoms with E-state index in [2.05, 4.69) is 10.6 Å². The van der Waals surface area contributed by atoms with Crippen molar-refractivity contribution in [3.8, 4) is 0 Å². The van der Waals surface area contributed by atoms with Crippen molar-refractivity contribution in [3.05, 3.63) is 69.8 Å². The van der Waals surface area contributed by atoms with Crippen LogP contribution in [0.15, 0.2) is 48.5 Å². The lowest BCUT2D eigenvalue weighted by Crippen LogP contribution is -2.39. The van der Waals surface area contributed by atoms with Crippen LogP contribution in [0.3, 0.4) is 0 Å². The first kappa shape index (κ1) is 18.4. The van der Waals surface area contributed by atoms with Crippen LogP contribution < -0.4 is 10.6 Å². The molecule has 2 unspecified atom stereocenters. The van der Waals surface area contributed by atoms with Gasteiger partial charge in [0.1, 0.15) is 5.69 Å². The highest BCUT2D eigenvalue weighted by Crippen LogP contribution is 2.28. The van der Waals surface area contributed by atoms with Crippen molar-refractivity contribution in [2.75, 3.05) is 18.4 Å². The average Bonchev–Trinajstić information content (AvgIpc) is 3.05. The topological polar surface area (TPSA) is 87.5 Å². The lowest BCUT2D eigenvalue weighted by atomic mass is 10.1. The maximum Gasteiger partial charge on any atom is 0.293 e. The molecule has 2 fully saturated rings. The molecule has 0 aliphatic carbocycles. The van der Waals surface area contributed by atoms with Crippen LogP contribution in [-0.4, -0.2) is 40.9 Å². The second kappa shape index (κ2) is 7.98. The molecule has 7 heteroatoms. The van der Waals surface area contributed by atoms with E-state index in [4.69, 9.17) is 0 Å². The Bertz CT molecular complexity index is 871. The third-order valence-corrected chi connectivity index (χ3v) is 5.58. The summed E-state index contributed by atoms with van der Waals surface area (Å²) < 4.78 is 0. The highest BCUT2D eigenvalue weighted by molar-refractivity contribution is 5.95. The fourth-order valence-corrected chi connectivity index (χ4v) is 4.07. The van der Waals surface area contributed by atoms with Crippen LogP contribution in [0.5, 0.6) is 0 Å². The van der Waals surface area contributed by atoms with Gasteiger partial charge in [-0.05, 0) is 37.0 Å². The molecule has 146 valence electrons. The minimum Gasteiger partial charge on any atom is -0.375 e. The van der Waals surface area contributed by atoms with Crippen molar-refractivity contribution in [1.29, 1.82) is 0 Å². The second-order valence-corrected chi connectivity index (χ2v) is 7.51. The van der Waals surface area contributed by atoms with Gasteiger partial charge in [-0.25, -0.2) is 0 Å². The van der Waals surface area contributed by atoms with Gasteiger partial charge in [0.25, 0.3) is 11.6 Å². The predicted molar refractivity (Wildman–Crippen MR) is 107 cm³/mol. The summed E-state index contributed by atoms with van der Waals surface area (Å²) in [5.74, 6) is -0.132. The quantitative estimate of drug-likeness (QED) is 0.614. The number of nitro benzene ring substituents is 1. The lowest BCUT2D eigenvalue weighted by Gasteiger charge is -2.24. The van der Waals surface area contributed by atoms with E-state index < -0.39 is 4.92 Å². The van der Waals surface area contributed by atoms with Gasteiger partial charge >= 0.3 is 0 Å². The second-order valence-electron chi connectivity index (χ2n) is 7.51. The molecule has 2 N–H and O–H groups in total. The number of hydrogen-bond acceptors (Lipinski definition) is 5. The Kier molecular flexibility index (Phi) is 5.25. The van der Waals surface area contributed by atoms with Gasteiger partial charge in [-0.15, -0.1) is 0 Å². The van der Waals surface area contributed by atoms with Crippen LogP contribution in [0.4, 0.5) is 11.4 Å². The first-order valence-corrected chi connectivity index (χ1v) is 9.72. The Morgan fingerprint density at radius 3 is 2.71 bits per heavy atom. The highest BCUT2D eigenvalue weighted by atomic mass is 16.6. The van der Waals surface area contributed by atoms with E-state index in [1.165, 1.54) is 12.5 Å². The predicted octanol–water partition coefficient (Wildman–Crippen LogP) is 3.17. The number of nitrogens with zero attached hydrogens (tertiary/aromatic N) is 2. The van der Waals surface area contributed by atoms with Crippen LogP contribution in [0, 0.1) is 10.1 Å². The average molecular weight is 380 g/mol. The summed E-state index contributed by atoms with van der Waals surface area (Å²) in [6.07, 6.45) is 3.18. The van der Waals surface area contributed by atoms with Crippen molar-refractivity contribution >= 4 is 17.3 Å². The van der Waals surface area contributed by atoms with E-state index in [1.807, 2.05) is 35.2 Å². The molecule has 0 aromatic heterocycles. The summed E-state index contributed by atoms with van der Waals surface area (Å²) in [6.45, 7) is 1.84. The normalized spacial score (nSPS) is 21.2. The van der Waals surface area contributed by atoms with Crippen molar-refractivity contribution in [1.82, 2.24) is 10.2 Å². The molecule has 2 saturated heterocycles. The molecule has 2 aromatic carbocycles. The highest BCUT2D eigenvalue weighted by Gasteiger charge is 2.32. The van der Waals surface area contributed by atoms with Crippen LogP contribution in [0.1, 0.15) is 35.2 Å². The van der Waals surface area contributed by atoms with Gasteiger partial charge in [0, 0.05) is 43.3 Å². The minimum absolute atomic E-state index is 0.0729. The molecule has 2 aromatic rings. The van der Waals surface area contributed by atoms with Gasteiger partial charge in [0.2, 0.25) is 0 Å². The van der Waals surface area contributed by atoms with Crippen LogP contribution >= 0.6 is 0 Å². The molecular formula is C21H24N4O3. The standard InChI is InChI=1S/C21H24N4O3/c26-21(24-11-10-17-7-8-18(14-24)23-17)16-6-9-19(20(12-16)25(27)28)22-13-15-4-2-1-3-5-15/h1-6,9,12,17-18,22-23H,7-8,10-11,13-14H2. The molecular weight excluding hydrogens is 356 g/mol. The third kappa shape index (κ3) is 3.99. The first-order valence-electron chi connectivity index (χ1n) is 9.72. The van der Waals surface area contributed by atoms with Gasteiger partial charge in [0.05, 0.1) is 4.92 Å². The van der Waals surface area contributed by atoms with E-state index >= 15 is 0 Å². The van der Waals surface area contributed by atoms with Crippen LogP contribution in [-0.2, 0) is 6.54 Å². The molecule has 2 aliphatic heterocycles. The molecule has 0 radical (unpaired) electrons. The number of amides is 1. The molecule has 2 heterocycles. The number of carbonyl (C=O) groups is 1.